The molecule has 0 aliphatic heterocycles. The lowest BCUT2D eigenvalue weighted by atomic mass is 10.1. The Bertz CT molecular complexity index is 1110. The van der Waals surface area contributed by atoms with E-state index in [4.69, 9.17) is 14.2 Å². The summed E-state index contributed by atoms with van der Waals surface area (Å²) in [4.78, 5) is 18.2. The number of carbonyl (C=O) groups excluding carboxylic acids is 1. The molecule has 1 N–H and O–H groups in total. The molecule has 0 unspecified atom stereocenters. The highest BCUT2D eigenvalue weighted by Gasteiger charge is 2.17. The van der Waals surface area contributed by atoms with Gasteiger partial charge in [0.05, 0.1) is 27.0 Å². The van der Waals surface area contributed by atoms with E-state index >= 15 is 0 Å². The van der Waals surface area contributed by atoms with E-state index in [9.17, 15) is 4.79 Å². The standard InChI is InChI=1S/C21H19N3O4S/c1-26-17-10-14(11-18(27-2)19(17)28-3)20(25)22-15-6-4-13(5-7-15)16-12-24-8-9-29-21(24)23-16/h4-12H,1-3H3,(H,22,25). The summed E-state index contributed by atoms with van der Waals surface area (Å²) in [6, 6.07) is 10.8. The molecule has 0 spiro atoms. The number of ether oxygens (including phenoxy) is 3. The van der Waals surface area contributed by atoms with Gasteiger partial charge in [-0.25, -0.2) is 4.98 Å². The van der Waals surface area contributed by atoms with Crippen LogP contribution >= 0.6 is 11.3 Å². The molecular weight excluding hydrogens is 390 g/mol. The predicted molar refractivity (Wildman–Crippen MR) is 113 cm³/mol. The summed E-state index contributed by atoms with van der Waals surface area (Å²) in [5.41, 5.74) is 2.94. The zero-order chi connectivity index (χ0) is 20.4. The van der Waals surface area contributed by atoms with Crippen LogP contribution < -0.4 is 19.5 Å². The van der Waals surface area contributed by atoms with Crippen molar-refractivity contribution in [1.29, 1.82) is 0 Å². The maximum atomic E-state index is 12.7. The van der Waals surface area contributed by atoms with E-state index in [0.29, 0.717) is 28.5 Å². The Labute approximate surface area is 171 Å². The summed E-state index contributed by atoms with van der Waals surface area (Å²) in [6.45, 7) is 0. The van der Waals surface area contributed by atoms with Crippen molar-refractivity contribution in [1.82, 2.24) is 9.38 Å². The smallest absolute Gasteiger partial charge is 0.255 e. The minimum atomic E-state index is -0.278. The first-order valence-corrected chi connectivity index (χ1v) is 9.65. The molecule has 8 heteroatoms. The number of amides is 1. The van der Waals surface area contributed by atoms with Gasteiger partial charge in [-0.2, -0.15) is 0 Å². The van der Waals surface area contributed by atoms with Crippen LogP contribution in [0.4, 0.5) is 5.69 Å². The van der Waals surface area contributed by atoms with Gasteiger partial charge in [0.25, 0.3) is 5.91 Å². The fourth-order valence-electron chi connectivity index (χ4n) is 3.01. The van der Waals surface area contributed by atoms with Crippen LogP contribution in [0.15, 0.2) is 54.2 Å². The number of nitrogens with one attached hydrogen (secondary N) is 1. The molecular formula is C21H19N3O4S. The van der Waals surface area contributed by atoms with Gasteiger partial charge in [-0.3, -0.25) is 9.20 Å². The first kappa shape index (κ1) is 18.8. The maximum Gasteiger partial charge on any atom is 0.255 e. The molecule has 0 saturated heterocycles. The van der Waals surface area contributed by atoms with Crippen molar-refractivity contribution < 1.29 is 19.0 Å². The number of fused-ring (bicyclic) bond motifs is 1. The van der Waals surface area contributed by atoms with E-state index in [0.717, 1.165) is 16.2 Å². The lowest BCUT2D eigenvalue weighted by molar-refractivity contribution is 0.102. The SMILES string of the molecule is COc1cc(C(=O)Nc2ccc(-c3cn4ccsc4n3)cc2)cc(OC)c1OC. The molecule has 148 valence electrons. The van der Waals surface area contributed by atoms with Crippen molar-refractivity contribution in [2.24, 2.45) is 0 Å². The Kier molecular flexibility index (Phi) is 5.09. The lowest BCUT2D eigenvalue weighted by Gasteiger charge is -2.14. The summed E-state index contributed by atoms with van der Waals surface area (Å²) >= 11 is 1.59. The Morgan fingerprint density at radius 3 is 2.31 bits per heavy atom. The Hall–Kier alpha value is -3.52. The molecule has 0 radical (unpaired) electrons. The van der Waals surface area contributed by atoms with Crippen molar-refractivity contribution in [3.05, 3.63) is 59.7 Å². The summed E-state index contributed by atoms with van der Waals surface area (Å²) in [5.74, 6) is 1.01. The summed E-state index contributed by atoms with van der Waals surface area (Å²) in [7, 11) is 4.54. The third-order valence-corrected chi connectivity index (χ3v) is 5.23. The number of carbonyl (C=O) groups is 1. The summed E-state index contributed by atoms with van der Waals surface area (Å²) in [5, 5.41) is 4.88. The van der Waals surface area contributed by atoms with Crippen LogP contribution in [-0.4, -0.2) is 36.6 Å². The number of benzene rings is 2. The molecule has 1 amide bonds. The summed E-state index contributed by atoms with van der Waals surface area (Å²) < 4.78 is 17.9. The molecule has 0 bridgehead atoms. The van der Waals surface area contributed by atoms with E-state index < -0.39 is 0 Å². The molecule has 0 aliphatic rings. The van der Waals surface area contributed by atoms with Crippen molar-refractivity contribution in [2.75, 3.05) is 26.6 Å². The number of methoxy groups -OCH3 is 3. The van der Waals surface area contributed by atoms with Crippen LogP contribution in [0.5, 0.6) is 17.2 Å². The van der Waals surface area contributed by atoms with Crippen LogP contribution in [0.2, 0.25) is 0 Å². The van der Waals surface area contributed by atoms with Crippen LogP contribution in [-0.2, 0) is 0 Å². The van der Waals surface area contributed by atoms with Gasteiger partial charge < -0.3 is 19.5 Å². The monoisotopic (exact) mass is 409 g/mol. The predicted octanol–water partition coefficient (Wildman–Crippen LogP) is 4.34. The molecule has 2 heterocycles. The topological polar surface area (TPSA) is 74.1 Å². The normalized spacial score (nSPS) is 10.7. The molecule has 0 saturated carbocycles. The van der Waals surface area contributed by atoms with Crippen LogP contribution in [0, 0.1) is 0 Å². The number of anilines is 1. The molecule has 0 atom stereocenters. The number of thiazole rings is 1. The van der Waals surface area contributed by atoms with Gasteiger partial charge in [0, 0.05) is 34.6 Å². The molecule has 4 aromatic rings. The third kappa shape index (κ3) is 3.62. The van der Waals surface area contributed by atoms with E-state index in [1.807, 2.05) is 46.4 Å². The number of hydrogen-bond donors (Lipinski definition) is 1. The van der Waals surface area contributed by atoms with Gasteiger partial charge in [0.15, 0.2) is 16.5 Å². The van der Waals surface area contributed by atoms with Crippen molar-refractivity contribution in [3.8, 4) is 28.5 Å². The number of aromatic nitrogens is 2. The largest absolute Gasteiger partial charge is 0.493 e. The van der Waals surface area contributed by atoms with Crippen molar-refractivity contribution >= 4 is 27.9 Å². The second-order valence-corrected chi connectivity index (χ2v) is 7.04. The Morgan fingerprint density at radius 1 is 1.03 bits per heavy atom. The quantitative estimate of drug-likeness (QED) is 0.513. The number of nitrogens with zero attached hydrogens (tertiary/aromatic N) is 2. The van der Waals surface area contributed by atoms with Gasteiger partial charge in [0.2, 0.25) is 5.75 Å². The van der Waals surface area contributed by atoms with Gasteiger partial charge >= 0.3 is 0 Å². The molecule has 0 aliphatic carbocycles. The molecule has 29 heavy (non-hydrogen) atoms. The number of imidazole rings is 1. The molecule has 4 rings (SSSR count). The average Bonchev–Trinajstić information content (AvgIpc) is 3.35. The average molecular weight is 409 g/mol. The Morgan fingerprint density at radius 2 is 1.72 bits per heavy atom. The minimum absolute atomic E-state index is 0.278. The van der Waals surface area contributed by atoms with E-state index in [2.05, 4.69) is 10.3 Å². The lowest BCUT2D eigenvalue weighted by Crippen LogP contribution is -2.12. The molecule has 7 nitrogen and oxygen atoms in total. The highest BCUT2D eigenvalue weighted by atomic mass is 32.1. The molecule has 2 aromatic carbocycles. The first-order valence-electron chi connectivity index (χ1n) is 8.77. The van der Waals surface area contributed by atoms with E-state index in [1.54, 1.807) is 23.5 Å². The number of rotatable bonds is 6. The van der Waals surface area contributed by atoms with Gasteiger partial charge in [-0.15, -0.1) is 11.3 Å². The summed E-state index contributed by atoms with van der Waals surface area (Å²) in [6.07, 6.45) is 3.96. The molecule has 2 aromatic heterocycles. The highest BCUT2D eigenvalue weighted by molar-refractivity contribution is 7.15. The van der Waals surface area contributed by atoms with Crippen LogP contribution in [0.3, 0.4) is 0 Å². The zero-order valence-corrected chi connectivity index (χ0v) is 16.9. The third-order valence-electron chi connectivity index (χ3n) is 4.46. The first-order chi connectivity index (χ1) is 14.1. The van der Waals surface area contributed by atoms with Crippen LogP contribution in [0.25, 0.3) is 16.2 Å². The minimum Gasteiger partial charge on any atom is -0.493 e. The zero-order valence-electron chi connectivity index (χ0n) is 16.1. The maximum absolute atomic E-state index is 12.7. The fraction of sp³-hybridized carbons (Fsp3) is 0.143. The van der Waals surface area contributed by atoms with Crippen LogP contribution in [0.1, 0.15) is 10.4 Å². The van der Waals surface area contributed by atoms with Gasteiger partial charge in [0.1, 0.15) is 0 Å². The van der Waals surface area contributed by atoms with Gasteiger partial charge in [-0.05, 0) is 24.3 Å². The van der Waals surface area contributed by atoms with Gasteiger partial charge in [-0.1, -0.05) is 12.1 Å². The van der Waals surface area contributed by atoms with Crippen molar-refractivity contribution in [3.63, 3.8) is 0 Å². The molecule has 0 fully saturated rings. The second kappa shape index (κ2) is 7.84. The second-order valence-electron chi connectivity index (χ2n) is 6.16. The number of hydrogen-bond acceptors (Lipinski definition) is 6. The fourth-order valence-corrected chi connectivity index (χ4v) is 3.71. The van der Waals surface area contributed by atoms with E-state index in [-0.39, 0.29) is 5.91 Å². The Balaban J connectivity index is 1.54. The van der Waals surface area contributed by atoms with Crippen molar-refractivity contribution in [2.45, 2.75) is 0 Å². The van der Waals surface area contributed by atoms with E-state index in [1.165, 1.54) is 21.3 Å². The highest BCUT2D eigenvalue weighted by Crippen LogP contribution is 2.38.